The van der Waals surface area contributed by atoms with E-state index in [1.54, 1.807) is 12.4 Å². The molecule has 0 saturated carbocycles. The van der Waals surface area contributed by atoms with Crippen molar-refractivity contribution < 1.29 is 0 Å². The molecule has 1 fully saturated rings. The van der Waals surface area contributed by atoms with Crippen molar-refractivity contribution >= 4 is 0 Å². The van der Waals surface area contributed by atoms with Crippen molar-refractivity contribution in [1.82, 2.24) is 10.3 Å². The van der Waals surface area contributed by atoms with Gasteiger partial charge in [-0.2, -0.15) is 0 Å². The Morgan fingerprint density at radius 2 is 2.55 bits per heavy atom. The SMILES string of the molecule is C#Cc1cnccc1[C@@H]1CN1. The van der Waals surface area contributed by atoms with Crippen LogP contribution in [0.15, 0.2) is 18.5 Å². The van der Waals surface area contributed by atoms with Gasteiger partial charge < -0.3 is 5.32 Å². The molecule has 1 N–H and O–H groups in total. The molecule has 0 aromatic carbocycles. The van der Waals surface area contributed by atoms with Gasteiger partial charge in [-0.3, -0.25) is 4.98 Å². The lowest BCUT2D eigenvalue weighted by molar-refractivity contribution is 1.06. The zero-order valence-electron chi connectivity index (χ0n) is 6.04. The Hall–Kier alpha value is -1.33. The molecule has 11 heavy (non-hydrogen) atoms. The van der Waals surface area contributed by atoms with Crippen molar-refractivity contribution in [3.8, 4) is 12.3 Å². The quantitative estimate of drug-likeness (QED) is 0.465. The first kappa shape index (κ1) is 6.38. The van der Waals surface area contributed by atoms with Gasteiger partial charge in [-0.1, -0.05) is 5.92 Å². The second-order valence-corrected chi connectivity index (χ2v) is 2.57. The average molecular weight is 144 g/mol. The summed E-state index contributed by atoms with van der Waals surface area (Å²) >= 11 is 0. The Morgan fingerprint density at radius 1 is 1.73 bits per heavy atom. The third-order valence-electron chi connectivity index (χ3n) is 1.79. The van der Waals surface area contributed by atoms with Crippen LogP contribution in [0.2, 0.25) is 0 Å². The minimum Gasteiger partial charge on any atom is -0.307 e. The van der Waals surface area contributed by atoms with E-state index in [4.69, 9.17) is 6.42 Å². The molecule has 2 heteroatoms. The van der Waals surface area contributed by atoms with Gasteiger partial charge in [0.25, 0.3) is 0 Å². The van der Waals surface area contributed by atoms with E-state index in [0.717, 1.165) is 12.1 Å². The van der Waals surface area contributed by atoms with Crippen molar-refractivity contribution in [2.24, 2.45) is 0 Å². The van der Waals surface area contributed by atoms with Gasteiger partial charge in [0.05, 0.1) is 0 Å². The molecule has 1 aliphatic rings. The summed E-state index contributed by atoms with van der Waals surface area (Å²) in [5.41, 5.74) is 2.10. The number of pyridine rings is 1. The fraction of sp³-hybridized carbons (Fsp3) is 0.222. The first-order chi connectivity index (χ1) is 5.42. The van der Waals surface area contributed by atoms with Gasteiger partial charge in [0, 0.05) is 30.5 Å². The molecule has 1 atom stereocenters. The van der Waals surface area contributed by atoms with Crippen LogP contribution < -0.4 is 5.32 Å². The van der Waals surface area contributed by atoms with E-state index >= 15 is 0 Å². The van der Waals surface area contributed by atoms with Gasteiger partial charge in [-0.05, 0) is 11.6 Å². The molecule has 0 radical (unpaired) electrons. The Kier molecular flexibility index (Phi) is 1.38. The smallest absolute Gasteiger partial charge is 0.0474 e. The van der Waals surface area contributed by atoms with Crippen LogP contribution in [0.1, 0.15) is 17.2 Å². The standard InChI is InChI=1S/C9H8N2/c1-2-7-5-10-4-3-8(7)9-6-11-9/h1,3-5,9,11H,6H2/t9-/m0/s1. The maximum Gasteiger partial charge on any atom is 0.0474 e. The van der Waals surface area contributed by atoms with E-state index < -0.39 is 0 Å². The molecule has 1 aromatic heterocycles. The first-order valence-electron chi connectivity index (χ1n) is 3.55. The molecule has 0 unspecified atom stereocenters. The molecule has 2 rings (SSSR count). The number of aromatic nitrogens is 1. The van der Waals surface area contributed by atoms with Gasteiger partial charge in [0.1, 0.15) is 0 Å². The number of nitrogens with one attached hydrogen (secondary N) is 1. The van der Waals surface area contributed by atoms with Gasteiger partial charge in [0.15, 0.2) is 0 Å². The third kappa shape index (κ3) is 1.11. The van der Waals surface area contributed by atoms with Gasteiger partial charge in [-0.25, -0.2) is 0 Å². The molecule has 2 nitrogen and oxygen atoms in total. The van der Waals surface area contributed by atoms with E-state index in [9.17, 15) is 0 Å². The molecule has 1 saturated heterocycles. The summed E-state index contributed by atoms with van der Waals surface area (Å²) < 4.78 is 0. The van der Waals surface area contributed by atoms with Gasteiger partial charge in [0.2, 0.25) is 0 Å². The fourth-order valence-corrected chi connectivity index (χ4v) is 1.11. The average Bonchev–Trinajstić information content (AvgIpc) is 2.87. The maximum absolute atomic E-state index is 5.30. The van der Waals surface area contributed by atoms with Crippen LogP contribution in [0, 0.1) is 12.3 Å². The number of hydrogen-bond acceptors (Lipinski definition) is 2. The van der Waals surface area contributed by atoms with Crippen molar-refractivity contribution in [3.05, 3.63) is 29.6 Å². The summed E-state index contributed by atoms with van der Waals surface area (Å²) in [7, 11) is 0. The molecular weight excluding hydrogens is 136 g/mol. The van der Waals surface area contributed by atoms with Crippen LogP contribution in [-0.4, -0.2) is 11.5 Å². The summed E-state index contributed by atoms with van der Waals surface area (Å²) in [6.45, 7) is 1.04. The lowest BCUT2D eigenvalue weighted by Crippen LogP contribution is -1.90. The molecule has 0 bridgehead atoms. The van der Waals surface area contributed by atoms with Crippen LogP contribution >= 0.6 is 0 Å². The highest BCUT2D eigenvalue weighted by Crippen LogP contribution is 2.23. The Balaban J connectivity index is 2.44. The van der Waals surface area contributed by atoms with Crippen LogP contribution in [0.4, 0.5) is 0 Å². The zero-order valence-corrected chi connectivity index (χ0v) is 6.04. The van der Waals surface area contributed by atoms with E-state index in [2.05, 4.69) is 16.2 Å². The highest BCUT2D eigenvalue weighted by Gasteiger charge is 2.24. The summed E-state index contributed by atoms with van der Waals surface area (Å²) in [5, 5.41) is 3.20. The van der Waals surface area contributed by atoms with E-state index in [0.29, 0.717) is 6.04 Å². The maximum atomic E-state index is 5.30. The Bertz CT molecular complexity index is 308. The van der Waals surface area contributed by atoms with Crippen molar-refractivity contribution in [2.45, 2.75) is 6.04 Å². The summed E-state index contributed by atoms with van der Waals surface area (Å²) in [6.07, 6.45) is 8.80. The molecule has 2 heterocycles. The first-order valence-corrected chi connectivity index (χ1v) is 3.55. The zero-order chi connectivity index (χ0) is 7.68. The highest BCUT2D eigenvalue weighted by molar-refractivity contribution is 5.41. The lowest BCUT2D eigenvalue weighted by atomic mass is 10.1. The molecule has 1 aromatic rings. The topological polar surface area (TPSA) is 34.8 Å². The second kappa shape index (κ2) is 2.37. The van der Waals surface area contributed by atoms with Crippen molar-refractivity contribution in [1.29, 1.82) is 0 Å². The monoisotopic (exact) mass is 144 g/mol. The summed E-state index contributed by atoms with van der Waals surface area (Å²) in [4.78, 5) is 3.96. The predicted octanol–water partition coefficient (Wildman–Crippen LogP) is 0.707. The molecule has 0 amide bonds. The molecule has 0 aliphatic carbocycles. The highest BCUT2D eigenvalue weighted by atomic mass is 15.1. The minimum atomic E-state index is 0.476. The van der Waals surface area contributed by atoms with Crippen LogP contribution in [-0.2, 0) is 0 Å². The third-order valence-corrected chi connectivity index (χ3v) is 1.79. The number of terminal acetylenes is 1. The number of rotatable bonds is 1. The second-order valence-electron chi connectivity index (χ2n) is 2.57. The van der Waals surface area contributed by atoms with Crippen LogP contribution in [0.25, 0.3) is 0 Å². The van der Waals surface area contributed by atoms with Gasteiger partial charge in [-0.15, -0.1) is 6.42 Å². The fourth-order valence-electron chi connectivity index (χ4n) is 1.11. The van der Waals surface area contributed by atoms with Crippen molar-refractivity contribution in [3.63, 3.8) is 0 Å². The molecule has 0 spiro atoms. The Morgan fingerprint density at radius 3 is 3.18 bits per heavy atom. The number of hydrogen-bond donors (Lipinski definition) is 1. The summed E-state index contributed by atoms with van der Waals surface area (Å²) in [6, 6.07) is 2.45. The Labute approximate surface area is 65.7 Å². The molecular formula is C9H8N2. The van der Waals surface area contributed by atoms with Crippen LogP contribution in [0.3, 0.4) is 0 Å². The van der Waals surface area contributed by atoms with Gasteiger partial charge >= 0.3 is 0 Å². The molecule has 54 valence electrons. The summed E-state index contributed by atoms with van der Waals surface area (Å²) in [5.74, 6) is 2.61. The predicted molar refractivity (Wildman–Crippen MR) is 42.9 cm³/mol. The van der Waals surface area contributed by atoms with E-state index in [-0.39, 0.29) is 0 Å². The van der Waals surface area contributed by atoms with Crippen molar-refractivity contribution in [2.75, 3.05) is 6.54 Å². The van der Waals surface area contributed by atoms with E-state index in [1.165, 1.54) is 5.56 Å². The van der Waals surface area contributed by atoms with E-state index in [1.807, 2.05) is 6.07 Å². The lowest BCUT2D eigenvalue weighted by Gasteiger charge is -1.98. The normalized spacial score (nSPS) is 20.8. The number of nitrogens with zero attached hydrogens (tertiary/aromatic N) is 1. The molecule has 1 aliphatic heterocycles. The van der Waals surface area contributed by atoms with Crippen LogP contribution in [0.5, 0.6) is 0 Å². The largest absolute Gasteiger partial charge is 0.307 e. The minimum absolute atomic E-state index is 0.476.